The van der Waals surface area contributed by atoms with E-state index in [0.29, 0.717) is 24.9 Å². The second-order valence-corrected chi connectivity index (χ2v) is 7.44. The average Bonchev–Trinajstić information content (AvgIpc) is 2.89. The summed E-state index contributed by atoms with van der Waals surface area (Å²) in [7, 11) is 0. The Hall–Kier alpha value is -0.810. The molecule has 2 heterocycles. The first-order chi connectivity index (χ1) is 11.2. The SMILES string of the molecule is Cl.O=C(NCCCN1CCCCCC1=O)C1CC2CCCCC2N1. The summed E-state index contributed by atoms with van der Waals surface area (Å²) in [5.41, 5.74) is 0. The van der Waals surface area contributed by atoms with Crippen molar-refractivity contribution in [2.24, 2.45) is 5.92 Å². The fourth-order valence-electron chi connectivity index (χ4n) is 4.40. The number of halogens is 1. The summed E-state index contributed by atoms with van der Waals surface area (Å²) in [5, 5.41) is 6.59. The van der Waals surface area contributed by atoms with Gasteiger partial charge in [-0.15, -0.1) is 12.4 Å². The van der Waals surface area contributed by atoms with Crippen molar-refractivity contribution >= 4 is 24.2 Å². The Morgan fingerprint density at radius 1 is 1.17 bits per heavy atom. The van der Waals surface area contributed by atoms with Crippen LogP contribution in [0.1, 0.15) is 64.2 Å². The minimum Gasteiger partial charge on any atom is -0.355 e. The molecule has 3 rings (SSSR count). The molecule has 0 aromatic rings. The van der Waals surface area contributed by atoms with E-state index in [1.807, 2.05) is 4.90 Å². The number of hydrogen-bond acceptors (Lipinski definition) is 3. The summed E-state index contributed by atoms with van der Waals surface area (Å²) in [5.74, 6) is 1.14. The van der Waals surface area contributed by atoms with Crippen molar-refractivity contribution in [1.82, 2.24) is 15.5 Å². The van der Waals surface area contributed by atoms with Crippen LogP contribution in [0, 0.1) is 5.92 Å². The van der Waals surface area contributed by atoms with Crippen molar-refractivity contribution in [1.29, 1.82) is 0 Å². The lowest BCUT2D eigenvalue weighted by Crippen LogP contribution is -2.44. The molecule has 2 saturated heterocycles. The Labute approximate surface area is 151 Å². The number of carbonyl (C=O) groups excluding carboxylic acids is 2. The van der Waals surface area contributed by atoms with Crippen molar-refractivity contribution in [3.05, 3.63) is 0 Å². The highest BCUT2D eigenvalue weighted by atomic mass is 35.5. The van der Waals surface area contributed by atoms with E-state index in [1.54, 1.807) is 0 Å². The van der Waals surface area contributed by atoms with Gasteiger partial charge in [0.25, 0.3) is 0 Å². The normalized spacial score (nSPS) is 30.2. The van der Waals surface area contributed by atoms with Crippen LogP contribution in [-0.2, 0) is 9.59 Å². The van der Waals surface area contributed by atoms with Crippen molar-refractivity contribution < 1.29 is 9.59 Å². The third-order valence-electron chi connectivity index (χ3n) is 5.75. The maximum atomic E-state index is 12.3. The number of carbonyl (C=O) groups is 2. The lowest BCUT2D eigenvalue weighted by Gasteiger charge is -2.24. The number of nitrogens with one attached hydrogen (secondary N) is 2. The maximum absolute atomic E-state index is 12.3. The molecule has 3 aliphatic rings. The van der Waals surface area contributed by atoms with Gasteiger partial charge in [0.2, 0.25) is 11.8 Å². The first-order valence-corrected chi connectivity index (χ1v) is 9.55. The molecule has 1 saturated carbocycles. The van der Waals surface area contributed by atoms with Gasteiger partial charge in [0.05, 0.1) is 6.04 Å². The van der Waals surface area contributed by atoms with Gasteiger partial charge in [0.1, 0.15) is 0 Å². The molecule has 2 N–H and O–H groups in total. The summed E-state index contributed by atoms with van der Waals surface area (Å²) in [6.07, 6.45) is 11.0. The van der Waals surface area contributed by atoms with Gasteiger partial charge in [0.15, 0.2) is 0 Å². The van der Waals surface area contributed by atoms with E-state index in [-0.39, 0.29) is 30.3 Å². The van der Waals surface area contributed by atoms with Crippen molar-refractivity contribution in [3.63, 3.8) is 0 Å². The van der Waals surface area contributed by atoms with E-state index < -0.39 is 0 Å². The zero-order valence-electron chi connectivity index (χ0n) is 14.6. The Morgan fingerprint density at radius 3 is 2.83 bits per heavy atom. The summed E-state index contributed by atoms with van der Waals surface area (Å²) in [4.78, 5) is 26.2. The third-order valence-corrected chi connectivity index (χ3v) is 5.75. The van der Waals surface area contributed by atoms with E-state index in [4.69, 9.17) is 0 Å². The molecule has 0 spiro atoms. The zero-order valence-corrected chi connectivity index (χ0v) is 15.4. The number of nitrogens with zero attached hydrogens (tertiary/aromatic N) is 1. The zero-order chi connectivity index (χ0) is 16.1. The molecule has 3 unspecified atom stereocenters. The van der Waals surface area contributed by atoms with Crippen LogP contribution in [0.5, 0.6) is 0 Å². The van der Waals surface area contributed by atoms with Crippen molar-refractivity contribution in [2.75, 3.05) is 19.6 Å². The van der Waals surface area contributed by atoms with E-state index in [9.17, 15) is 9.59 Å². The smallest absolute Gasteiger partial charge is 0.237 e. The van der Waals surface area contributed by atoms with Crippen LogP contribution in [-0.4, -0.2) is 48.4 Å². The lowest BCUT2D eigenvalue weighted by atomic mass is 9.85. The van der Waals surface area contributed by atoms with Gasteiger partial charge >= 0.3 is 0 Å². The molecule has 0 bridgehead atoms. The Balaban J connectivity index is 0.00000208. The van der Waals surface area contributed by atoms with Gasteiger partial charge in [-0.3, -0.25) is 9.59 Å². The van der Waals surface area contributed by atoms with Crippen molar-refractivity contribution in [3.8, 4) is 0 Å². The van der Waals surface area contributed by atoms with Gasteiger partial charge in [-0.05, 0) is 44.4 Å². The molecule has 24 heavy (non-hydrogen) atoms. The van der Waals surface area contributed by atoms with E-state index in [2.05, 4.69) is 10.6 Å². The molecule has 1 aliphatic carbocycles. The molecular weight excluding hydrogens is 326 g/mol. The molecule has 138 valence electrons. The Kier molecular flexibility index (Phi) is 7.82. The highest BCUT2D eigenvalue weighted by molar-refractivity contribution is 5.85. The number of amides is 2. The average molecular weight is 358 g/mol. The quantitative estimate of drug-likeness (QED) is 0.742. The van der Waals surface area contributed by atoms with Crippen LogP contribution >= 0.6 is 12.4 Å². The van der Waals surface area contributed by atoms with Gasteiger partial charge in [-0.1, -0.05) is 19.3 Å². The molecule has 3 atom stereocenters. The molecule has 5 nitrogen and oxygen atoms in total. The summed E-state index contributed by atoms with van der Waals surface area (Å²) < 4.78 is 0. The standard InChI is InChI=1S/C18H31N3O2.ClH/c22-17-9-2-1-5-11-21(17)12-6-10-19-18(23)16-13-14-7-3-4-8-15(14)20-16;/h14-16,20H,1-13H2,(H,19,23);1H. The molecule has 0 radical (unpaired) electrons. The Bertz CT molecular complexity index is 418. The van der Waals surface area contributed by atoms with Gasteiger partial charge in [-0.2, -0.15) is 0 Å². The van der Waals surface area contributed by atoms with E-state index in [0.717, 1.165) is 45.2 Å². The summed E-state index contributed by atoms with van der Waals surface area (Å²) >= 11 is 0. The van der Waals surface area contributed by atoms with E-state index in [1.165, 1.54) is 25.7 Å². The fraction of sp³-hybridized carbons (Fsp3) is 0.889. The molecule has 2 aliphatic heterocycles. The largest absolute Gasteiger partial charge is 0.355 e. The second-order valence-electron chi connectivity index (χ2n) is 7.44. The first kappa shape index (κ1) is 19.5. The van der Waals surface area contributed by atoms with Crippen LogP contribution < -0.4 is 10.6 Å². The summed E-state index contributed by atoms with van der Waals surface area (Å²) in [6.45, 7) is 2.35. The minimum absolute atomic E-state index is 0. The molecule has 0 aromatic heterocycles. The van der Waals surface area contributed by atoms with Gasteiger partial charge in [-0.25, -0.2) is 0 Å². The van der Waals surface area contributed by atoms with Crippen LogP contribution in [0.25, 0.3) is 0 Å². The molecule has 0 aromatic carbocycles. The minimum atomic E-state index is 0. The van der Waals surface area contributed by atoms with Crippen LogP contribution in [0.15, 0.2) is 0 Å². The molecular formula is C18H32ClN3O2. The Morgan fingerprint density at radius 2 is 2.00 bits per heavy atom. The summed E-state index contributed by atoms with van der Waals surface area (Å²) in [6, 6.07) is 0.567. The van der Waals surface area contributed by atoms with Gasteiger partial charge in [0, 0.05) is 32.1 Å². The number of likely N-dealkylation sites (tertiary alicyclic amines) is 1. The predicted molar refractivity (Wildman–Crippen MR) is 97.2 cm³/mol. The lowest BCUT2D eigenvalue weighted by molar-refractivity contribution is -0.130. The highest BCUT2D eigenvalue weighted by Crippen LogP contribution is 2.33. The predicted octanol–water partition coefficient (Wildman–Crippen LogP) is 2.24. The van der Waals surface area contributed by atoms with Crippen LogP contribution in [0.4, 0.5) is 0 Å². The molecule has 2 amide bonds. The number of rotatable bonds is 5. The first-order valence-electron chi connectivity index (χ1n) is 9.55. The van der Waals surface area contributed by atoms with E-state index >= 15 is 0 Å². The number of fused-ring (bicyclic) bond motifs is 1. The molecule has 6 heteroatoms. The van der Waals surface area contributed by atoms with Gasteiger partial charge < -0.3 is 15.5 Å². The fourth-order valence-corrected chi connectivity index (χ4v) is 4.40. The third kappa shape index (κ3) is 5.09. The molecule has 3 fully saturated rings. The highest BCUT2D eigenvalue weighted by Gasteiger charge is 2.37. The second kappa shape index (κ2) is 9.62. The number of hydrogen-bond donors (Lipinski definition) is 2. The maximum Gasteiger partial charge on any atom is 0.237 e. The topological polar surface area (TPSA) is 61.4 Å². The van der Waals surface area contributed by atoms with Crippen LogP contribution in [0.3, 0.4) is 0 Å². The monoisotopic (exact) mass is 357 g/mol. The van der Waals surface area contributed by atoms with Crippen molar-refractivity contribution in [2.45, 2.75) is 76.3 Å². The van der Waals surface area contributed by atoms with Crippen LogP contribution in [0.2, 0.25) is 0 Å².